The molecule has 3 nitrogen and oxygen atoms in total. The molecule has 2 heterocycles. The van der Waals surface area contributed by atoms with Crippen LogP contribution in [0, 0.1) is 0 Å². The molecule has 104 valence electrons. The van der Waals surface area contributed by atoms with E-state index in [1.54, 1.807) is 0 Å². The normalized spacial score (nSPS) is 22.1. The first-order chi connectivity index (χ1) is 9.38. The molecule has 0 spiro atoms. The molecule has 2 radical (unpaired) electrons. The minimum atomic E-state index is -0.0807. The van der Waals surface area contributed by atoms with Crippen molar-refractivity contribution in [3.63, 3.8) is 0 Å². The number of anilines is 1. The number of benzene rings is 1. The molecule has 2 aliphatic rings. The van der Waals surface area contributed by atoms with Gasteiger partial charge in [0.2, 0.25) is 5.91 Å². The van der Waals surface area contributed by atoms with E-state index in [1.165, 1.54) is 16.7 Å². The van der Waals surface area contributed by atoms with Crippen LogP contribution in [-0.2, 0) is 23.1 Å². The van der Waals surface area contributed by atoms with E-state index < -0.39 is 0 Å². The van der Waals surface area contributed by atoms with Gasteiger partial charge in [0.25, 0.3) is 0 Å². The second-order valence-corrected chi connectivity index (χ2v) is 6.69. The zero-order valence-electron chi connectivity index (χ0n) is 12.6. The molecule has 0 unspecified atom stereocenters. The summed E-state index contributed by atoms with van der Waals surface area (Å²) in [4.78, 5) is 15.9. The zero-order chi connectivity index (χ0) is 14.5. The summed E-state index contributed by atoms with van der Waals surface area (Å²) in [6.45, 7) is 6.11. The lowest BCUT2D eigenvalue weighted by atomic mass is 9.76. The van der Waals surface area contributed by atoms with Crippen molar-refractivity contribution in [2.45, 2.75) is 38.5 Å². The van der Waals surface area contributed by atoms with Crippen LogP contribution in [0.15, 0.2) is 12.1 Å². The fourth-order valence-corrected chi connectivity index (χ4v) is 3.33. The summed E-state index contributed by atoms with van der Waals surface area (Å²) in [6.07, 6.45) is 2.53. The summed E-state index contributed by atoms with van der Waals surface area (Å²) in [6, 6.07) is 4.52. The summed E-state index contributed by atoms with van der Waals surface area (Å²) in [5.74, 6) is 0.205. The van der Waals surface area contributed by atoms with Gasteiger partial charge in [0.1, 0.15) is 0 Å². The van der Waals surface area contributed by atoms with Gasteiger partial charge in [0, 0.05) is 24.6 Å². The monoisotopic (exact) mass is 268 g/mol. The number of carbonyl (C=O) groups excluding carboxylic acids is 1. The molecule has 0 fully saturated rings. The number of hydrogen-bond acceptors (Lipinski definition) is 2. The number of hydrogen-bond donors (Lipinski definition) is 0. The van der Waals surface area contributed by atoms with Crippen LogP contribution in [0.3, 0.4) is 0 Å². The minimum absolute atomic E-state index is 0.0807. The Bertz CT molecular complexity index is 568. The standard InChI is InChI=1S/C16H21BN2O/c1-16(2)10-15(20)18(3)14-9-12-5-7-19(17)6-4-11(12)8-13(14)16/h8-9H,4-7,10H2,1-3H3. The van der Waals surface area contributed by atoms with Gasteiger partial charge >= 0.3 is 0 Å². The molecular weight excluding hydrogens is 247 g/mol. The third kappa shape index (κ3) is 2.16. The average molecular weight is 268 g/mol. The van der Waals surface area contributed by atoms with Crippen LogP contribution in [0.1, 0.15) is 37.0 Å². The summed E-state index contributed by atoms with van der Waals surface area (Å²) >= 11 is 0. The lowest BCUT2D eigenvalue weighted by Gasteiger charge is -2.37. The van der Waals surface area contributed by atoms with E-state index in [9.17, 15) is 4.79 Å². The van der Waals surface area contributed by atoms with Crippen molar-refractivity contribution >= 4 is 19.6 Å². The topological polar surface area (TPSA) is 23.6 Å². The molecule has 2 aliphatic heterocycles. The lowest BCUT2D eigenvalue weighted by Crippen LogP contribution is -2.39. The van der Waals surface area contributed by atoms with Crippen LogP contribution >= 0.6 is 0 Å². The highest BCUT2D eigenvalue weighted by atomic mass is 16.2. The molecule has 20 heavy (non-hydrogen) atoms. The van der Waals surface area contributed by atoms with E-state index in [-0.39, 0.29) is 11.3 Å². The molecular formula is C16H21BN2O. The summed E-state index contributed by atoms with van der Waals surface area (Å²) < 4.78 is 0. The Morgan fingerprint density at radius 2 is 1.75 bits per heavy atom. The maximum Gasteiger partial charge on any atom is 0.227 e. The van der Waals surface area contributed by atoms with Crippen LogP contribution in [0.2, 0.25) is 0 Å². The molecule has 0 atom stereocenters. The van der Waals surface area contributed by atoms with Crippen molar-refractivity contribution in [1.82, 2.24) is 4.81 Å². The number of nitrogens with zero attached hydrogens (tertiary/aromatic N) is 2. The Hall–Kier alpha value is -1.29. The second kappa shape index (κ2) is 4.62. The van der Waals surface area contributed by atoms with Gasteiger partial charge in [0.15, 0.2) is 7.98 Å². The molecule has 0 saturated carbocycles. The van der Waals surface area contributed by atoms with Gasteiger partial charge < -0.3 is 9.71 Å². The van der Waals surface area contributed by atoms with Gasteiger partial charge in [-0.1, -0.05) is 19.9 Å². The molecule has 0 N–H and O–H groups in total. The van der Waals surface area contributed by atoms with E-state index in [2.05, 4.69) is 26.0 Å². The first-order valence-electron chi connectivity index (χ1n) is 7.31. The van der Waals surface area contributed by atoms with Crippen molar-refractivity contribution in [2.75, 3.05) is 25.0 Å². The number of amides is 1. The predicted octanol–water partition coefficient (Wildman–Crippen LogP) is 1.81. The molecule has 0 aromatic heterocycles. The van der Waals surface area contributed by atoms with Crippen molar-refractivity contribution < 1.29 is 4.79 Å². The SMILES string of the molecule is [B]N1CCc2cc3c(cc2CC1)C(C)(C)CC(=O)N3C. The van der Waals surface area contributed by atoms with Gasteiger partial charge in [-0.05, 0) is 48.7 Å². The van der Waals surface area contributed by atoms with E-state index in [1.807, 2.05) is 16.8 Å². The van der Waals surface area contributed by atoms with E-state index in [0.29, 0.717) is 6.42 Å². The first kappa shape index (κ1) is 13.7. The Balaban J connectivity index is 2.12. The fourth-order valence-electron chi connectivity index (χ4n) is 3.33. The Kier molecular flexibility index (Phi) is 3.16. The third-order valence-electron chi connectivity index (χ3n) is 4.71. The van der Waals surface area contributed by atoms with Gasteiger partial charge in [-0.25, -0.2) is 0 Å². The van der Waals surface area contributed by atoms with Gasteiger partial charge in [-0.15, -0.1) is 0 Å². The van der Waals surface area contributed by atoms with Crippen LogP contribution in [0.5, 0.6) is 0 Å². The minimum Gasteiger partial charge on any atom is -0.353 e. The maximum atomic E-state index is 12.2. The van der Waals surface area contributed by atoms with Crippen LogP contribution < -0.4 is 4.90 Å². The molecule has 3 rings (SSSR count). The highest BCUT2D eigenvalue weighted by molar-refractivity contribution is 6.04. The van der Waals surface area contributed by atoms with Gasteiger partial charge in [0.05, 0.1) is 0 Å². The highest BCUT2D eigenvalue weighted by Crippen LogP contribution is 2.41. The van der Waals surface area contributed by atoms with Crippen LogP contribution in [-0.4, -0.2) is 38.8 Å². The van der Waals surface area contributed by atoms with Crippen molar-refractivity contribution in [1.29, 1.82) is 0 Å². The lowest BCUT2D eigenvalue weighted by molar-refractivity contribution is -0.119. The highest BCUT2D eigenvalue weighted by Gasteiger charge is 2.35. The number of carbonyl (C=O) groups is 1. The van der Waals surface area contributed by atoms with Crippen molar-refractivity contribution in [2.24, 2.45) is 0 Å². The summed E-state index contributed by atoms with van der Waals surface area (Å²) in [5.41, 5.74) is 5.03. The summed E-state index contributed by atoms with van der Waals surface area (Å²) in [5, 5.41) is 0. The first-order valence-corrected chi connectivity index (χ1v) is 7.31. The Morgan fingerprint density at radius 3 is 2.40 bits per heavy atom. The molecule has 1 aromatic carbocycles. The van der Waals surface area contributed by atoms with Crippen molar-refractivity contribution in [3.05, 3.63) is 28.8 Å². The second-order valence-electron chi connectivity index (χ2n) is 6.69. The molecule has 1 aromatic rings. The maximum absolute atomic E-state index is 12.2. The van der Waals surface area contributed by atoms with E-state index in [0.717, 1.165) is 31.6 Å². The Labute approximate surface area is 122 Å². The molecule has 1 amide bonds. The number of fused-ring (bicyclic) bond motifs is 2. The average Bonchev–Trinajstić information content (AvgIpc) is 2.57. The smallest absolute Gasteiger partial charge is 0.227 e. The molecule has 0 aliphatic carbocycles. The molecule has 4 heteroatoms. The number of rotatable bonds is 0. The van der Waals surface area contributed by atoms with Crippen LogP contribution in [0.4, 0.5) is 5.69 Å². The van der Waals surface area contributed by atoms with Crippen molar-refractivity contribution in [3.8, 4) is 0 Å². The van der Waals surface area contributed by atoms with Gasteiger partial charge in [-0.3, -0.25) is 4.79 Å². The third-order valence-corrected chi connectivity index (χ3v) is 4.71. The quantitative estimate of drug-likeness (QED) is 0.670. The fraction of sp³-hybridized carbons (Fsp3) is 0.562. The predicted molar refractivity (Wildman–Crippen MR) is 82.2 cm³/mol. The molecule has 0 saturated heterocycles. The Morgan fingerprint density at radius 1 is 1.15 bits per heavy atom. The van der Waals surface area contributed by atoms with E-state index in [4.69, 9.17) is 7.98 Å². The largest absolute Gasteiger partial charge is 0.353 e. The van der Waals surface area contributed by atoms with Gasteiger partial charge in [-0.2, -0.15) is 0 Å². The molecule has 0 bridgehead atoms. The summed E-state index contributed by atoms with van der Waals surface area (Å²) in [7, 11) is 7.82. The van der Waals surface area contributed by atoms with Crippen LogP contribution in [0.25, 0.3) is 0 Å². The zero-order valence-corrected chi connectivity index (χ0v) is 12.6. The van der Waals surface area contributed by atoms with E-state index >= 15 is 0 Å².